The number of nitrogens with zero attached hydrogens (tertiary/aromatic N) is 1. The van der Waals surface area contributed by atoms with Crippen molar-refractivity contribution in [3.8, 4) is 17.2 Å². The Morgan fingerprint density at radius 3 is 2.29 bits per heavy atom. The van der Waals surface area contributed by atoms with Crippen molar-refractivity contribution in [3.63, 3.8) is 0 Å². The lowest BCUT2D eigenvalue weighted by Crippen LogP contribution is -2.54. The summed E-state index contributed by atoms with van der Waals surface area (Å²) < 4.78 is 17.0. The lowest BCUT2D eigenvalue weighted by molar-refractivity contribution is -0.122. The van der Waals surface area contributed by atoms with Crippen LogP contribution >= 0.6 is 23.2 Å². The Bertz CT molecular complexity index is 1440. The standard InChI is InChI=1S/C28H24Cl2N2O6/c1-16-4-9-21(12-17(16)2)37-10-11-38-25-23(30)14-18(15-24(25)36-3)13-22-26(33)31-28(35)32(27(22)34)20-7-5-19(29)6-8-20/h4-9,12-15H,10-11H2,1-3H3,(H,31,33,35)/b22-13-. The molecule has 0 bridgehead atoms. The number of urea groups is 1. The topological polar surface area (TPSA) is 94.2 Å². The van der Waals surface area contributed by atoms with Gasteiger partial charge in [-0.3, -0.25) is 14.9 Å². The molecule has 8 nitrogen and oxygen atoms in total. The summed E-state index contributed by atoms with van der Waals surface area (Å²) in [7, 11) is 1.44. The molecular weight excluding hydrogens is 531 g/mol. The summed E-state index contributed by atoms with van der Waals surface area (Å²) in [5.74, 6) is -0.301. The van der Waals surface area contributed by atoms with E-state index in [1.807, 2.05) is 32.0 Å². The predicted octanol–water partition coefficient (Wildman–Crippen LogP) is 5.74. The van der Waals surface area contributed by atoms with Crippen LogP contribution in [0.4, 0.5) is 10.5 Å². The number of aryl methyl sites for hydroxylation is 2. The maximum Gasteiger partial charge on any atom is 0.335 e. The van der Waals surface area contributed by atoms with Crippen molar-refractivity contribution in [2.24, 2.45) is 0 Å². The Hall–Kier alpha value is -4.01. The van der Waals surface area contributed by atoms with Gasteiger partial charge in [0, 0.05) is 5.02 Å². The number of rotatable bonds is 8. The van der Waals surface area contributed by atoms with E-state index in [4.69, 9.17) is 37.4 Å². The van der Waals surface area contributed by atoms with Crippen molar-refractivity contribution in [3.05, 3.63) is 86.9 Å². The Kier molecular flexibility index (Phi) is 8.24. The van der Waals surface area contributed by atoms with Crippen LogP contribution in [-0.2, 0) is 9.59 Å². The van der Waals surface area contributed by atoms with Gasteiger partial charge in [-0.05, 0) is 85.1 Å². The smallest absolute Gasteiger partial charge is 0.335 e. The number of benzene rings is 3. The molecule has 1 aliphatic rings. The largest absolute Gasteiger partial charge is 0.493 e. The fraction of sp³-hybridized carbons (Fsp3) is 0.179. The number of anilines is 1. The summed E-state index contributed by atoms with van der Waals surface area (Å²) in [4.78, 5) is 38.9. The zero-order chi connectivity index (χ0) is 27.4. The van der Waals surface area contributed by atoms with E-state index in [9.17, 15) is 14.4 Å². The van der Waals surface area contributed by atoms with Crippen molar-refractivity contribution in [2.45, 2.75) is 13.8 Å². The van der Waals surface area contributed by atoms with E-state index in [-0.39, 0.29) is 35.2 Å². The molecule has 1 N–H and O–H groups in total. The molecule has 0 aliphatic carbocycles. The van der Waals surface area contributed by atoms with Gasteiger partial charge in [0.15, 0.2) is 11.5 Å². The molecule has 0 atom stereocenters. The third kappa shape index (κ3) is 5.93. The fourth-order valence-electron chi connectivity index (χ4n) is 3.72. The molecule has 0 aromatic heterocycles. The summed E-state index contributed by atoms with van der Waals surface area (Å²) in [6.45, 7) is 4.51. The SMILES string of the molecule is COc1cc(/C=C2/C(=O)NC(=O)N(c3ccc(Cl)cc3)C2=O)cc(Cl)c1OCCOc1ccc(C)c(C)c1. The summed E-state index contributed by atoms with van der Waals surface area (Å²) in [6, 6.07) is 14.1. The first-order valence-electron chi connectivity index (χ1n) is 11.6. The van der Waals surface area contributed by atoms with Gasteiger partial charge in [0.25, 0.3) is 11.8 Å². The van der Waals surface area contributed by atoms with E-state index in [2.05, 4.69) is 5.32 Å². The molecule has 3 aromatic rings. The number of nitrogens with one attached hydrogen (secondary N) is 1. The van der Waals surface area contributed by atoms with Gasteiger partial charge >= 0.3 is 6.03 Å². The van der Waals surface area contributed by atoms with Crippen molar-refractivity contribution in [1.29, 1.82) is 0 Å². The minimum atomic E-state index is -0.859. The van der Waals surface area contributed by atoms with Gasteiger partial charge in [0.05, 0.1) is 17.8 Å². The van der Waals surface area contributed by atoms with Crippen LogP contribution in [0.1, 0.15) is 16.7 Å². The van der Waals surface area contributed by atoms with Crippen molar-refractivity contribution >= 4 is 52.8 Å². The first kappa shape index (κ1) is 27.0. The maximum absolute atomic E-state index is 13.1. The molecule has 0 unspecified atom stereocenters. The average Bonchev–Trinajstić information content (AvgIpc) is 2.88. The second-order valence-corrected chi connectivity index (χ2v) is 9.26. The van der Waals surface area contributed by atoms with Crippen LogP contribution in [0, 0.1) is 13.8 Å². The van der Waals surface area contributed by atoms with Gasteiger partial charge in [-0.2, -0.15) is 0 Å². The monoisotopic (exact) mass is 554 g/mol. The number of ether oxygens (including phenoxy) is 3. The molecule has 4 rings (SSSR count). The minimum Gasteiger partial charge on any atom is -0.493 e. The van der Waals surface area contributed by atoms with Gasteiger partial charge in [0.1, 0.15) is 24.5 Å². The van der Waals surface area contributed by atoms with Gasteiger partial charge in [0.2, 0.25) is 0 Å². The molecule has 1 heterocycles. The second kappa shape index (κ2) is 11.6. The number of hydrogen-bond acceptors (Lipinski definition) is 6. The predicted molar refractivity (Wildman–Crippen MR) is 145 cm³/mol. The highest BCUT2D eigenvalue weighted by molar-refractivity contribution is 6.39. The summed E-state index contributed by atoms with van der Waals surface area (Å²) in [5.41, 5.74) is 2.71. The average molecular weight is 555 g/mol. The molecule has 0 saturated carbocycles. The van der Waals surface area contributed by atoms with Crippen molar-refractivity contribution in [2.75, 3.05) is 25.2 Å². The molecular formula is C28H24Cl2N2O6. The van der Waals surface area contributed by atoms with Gasteiger partial charge in [-0.1, -0.05) is 29.3 Å². The van der Waals surface area contributed by atoms with E-state index in [0.717, 1.165) is 16.2 Å². The van der Waals surface area contributed by atoms with E-state index >= 15 is 0 Å². The molecule has 1 aliphatic heterocycles. The summed E-state index contributed by atoms with van der Waals surface area (Å²) in [5, 5.41) is 2.82. The van der Waals surface area contributed by atoms with Gasteiger partial charge in [-0.25, -0.2) is 9.69 Å². The molecule has 10 heteroatoms. The van der Waals surface area contributed by atoms with Crippen LogP contribution in [0.5, 0.6) is 17.2 Å². The van der Waals surface area contributed by atoms with Crippen LogP contribution in [0.25, 0.3) is 6.08 Å². The number of carbonyl (C=O) groups excluding carboxylic acids is 3. The number of barbiturate groups is 1. The summed E-state index contributed by atoms with van der Waals surface area (Å²) in [6.07, 6.45) is 1.33. The molecule has 3 aromatic carbocycles. The fourth-order valence-corrected chi connectivity index (χ4v) is 4.12. The van der Waals surface area contributed by atoms with E-state index < -0.39 is 17.8 Å². The van der Waals surface area contributed by atoms with Crippen LogP contribution < -0.4 is 24.4 Å². The number of methoxy groups -OCH3 is 1. The molecule has 1 saturated heterocycles. The Labute approximate surface area is 229 Å². The van der Waals surface area contributed by atoms with E-state index in [1.54, 1.807) is 6.07 Å². The number of imide groups is 2. The van der Waals surface area contributed by atoms with E-state index in [0.29, 0.717) is 16.3 Å². The van der Waals surface area contributed by atoms with Crippen LogP contribution in [-0.4, -0.2) is 38.2 Å². The highest BCUT2D eigenvalue weighted by Crippen LogP contribution is 2.37. The first-order valence-corrected chi connectivity index (χ1v) is 12.3. The zero-order valence-electron chi connectivity index (χ0n) is 20.8. The number of hydrogen-bond donors (Lipinski definition) is 1. The molecule has 0 radical (unpaired) electrons. The molecule has 38 heavy (non-hydrogen) atoms. The third-order valence-electron chi connectivity index (χ3n) is 5.83. The second-order valence-electron chi connectivity index (χ2n) is 8.41. The normalized spacial score (nSPS) is 14.5. The quantitative estimate of drug-likeness (QED) is 0.216. The lowest BCUT2D eigenvalue weighted by Gasteiger charge is -2.26. The van der Waals surface area contributed by atoms with Crippen LogP contribution in [0.3, 0.4) is 0 Å². The number of carbonyl (C=O) groups is 3. The number of amides is 4. The van der Waals surface area contributed by atoms with Crippen molar-refractivity contribution in [1.82, 2.24) is 5.32 Å². The highest BCUT2D eigenvalue weighted by Gasteiger charge is 2.36. The molecule has 1 fully saturated rings. The van der Waals surface area contributed by atoms with Gasteiger partial charge in [-0.15, -0.1) is 0 Å². The highest BCUT2D eigenvalue weighted by atomic mass is 35.5. The Balaban J connectivity index is 1.51. The molecule has 0 spiro atoms. The van der Waals surface area contributed by atoms with E-state index in [1.165, 1.54) is 49.1 Å². The zero-order valence-corrected chi connectivity index (χ0v) is 22.4. The van der Waals surface area contributed by atoms with Crippen LogP contribution in [0.15, 0.2) is 60.2 Å². The third-order valence-corrected chi connectivity index (χ3v) is 6.36. The molecule has 196 valence electrons. The van der Waals surface area contributed by atoms with Crippen molar-refractivity contribution < 1.29 is 28.6 Å². The minimum absolute atomic E-state index is 0.197. The van der Waals surface area contributed by atoms with Crippen LogP contribution in [0.2, 0.25) is 10.0 Å². The Morgan fingerprint density at radius 1 is 0.895 bits per heavy atom. The van der Waals surface area contributed by atoms with Gasteiger partial charge < -0.3 is 14.2 Å². The maximum atomic E-state index is 13.1. The Morgan fingerprint density at radius 2 is 1.61 bits per heavy atom. The first-order chi connectivity index (χ1) is 18.2. The summed E-state index contributed by atoms with van der Waals surface area (Å²) >= 11 is 12.4. The lowest BCUT2D eigenvalue weighted by atomic mass is 10.1. The molecule has 4 amide bonds. The number of halogens is 2.